The van der Waals surface area contributed by atoms with Crippen LogP contribution in [0.25, 0.3) is 0 Å². The Morgan fingerprint density at radius 2 is 2.09 bits per heavy atom. The highest BCUT2D eigenvalue weighted by molar-refractivity contribution is 7.99. The van der Waals surface area contributed by atoms with E-state index < -0.39 is 15.7 Å². The Hall–Kier alpha value is -2.18. The molecule has 172 valence electrons. The number of nitrogens with one attached hydrogen (secondary N) is 1. The van der Waals surface area contributed by atoms with Crippen LogP contribution in [0.3, 0.4) is 0 Å². The molecule has 2 amide bonds. The van der Waals surface area contributed by atoms with Crippen molar-refractivity contribution in [3.63, 3.8) is 0 Å². The van der Waals surface area contributed by atoms with E-state index in [0.717, 1.165) is 36.1 Å². The summed E-state index contributed by atoms with van der Waals surface area (Å²) >= 11 is 2.64. The Bertz CT molecular complexity index is 1170. The average Bonchev–Trinajstić information content (AvgIpc) is 3.41. The smallest absolute Gasteiger partial charge is 0.251 e. The summed E-state index contributed by atoms with van der Waals surface area (Å²) in [5.41, 5.74) is 7.00. The summed E-state index contributed by atoms with van der Waals surface area (Å²) in [6.07, 6.45) is 5.99. The van der Waals surface area contributed by atoms with E-state index in [-0.39, 0.29) is 29.1 Å². The number of nitrogens with zero attached hydrogens (tertiary/aromatic N) is 3. The molecule has 4 rings (SSSR count). The molecule has 0 saturated carbocycles. The Morgan fingerprint density at radius 1 is 1.31 bits per heavy atom. The number of hydrogen-bond donors (Lipinski definition) is 2. The molecular weight excluding hydrogens is 470 g/mol. The number of thioether (sulfide) groups is 1. The summed E-state index contributed by atoms with van der Waals surface area (Å²) in [6.45, 7) is 4.18. The van der Waals surface area contributed by atoms with Crippen LogP contribution in [0.5, 0.6) is 0 Å². The van der Waals surface area contributed by atoms with Crippen LogP contribution in [0.1, 0.15) is 51.8 Å². The van der Waals surface area contributed by atoms with E-state index in [1.165, 1.54) is 23.1 Å². The first-order chi connectivity index (χ1) is 15.3. The summed E-state index contributed by atoms with van der Waals surface area (Å²) in [5, 5.41) is 12.3. The SMILES string of the molecule is C=CCn1c(SCC(=O)Nc2sc3c(c2C(N)=O)CCCC3)nnc1[C@@H]1CCS(=O)(=O)C1. The molecule has 3 heterocycles. The number of primary amides is 1. The fourth-order valence-electron chi connectivity index (χ4n) is 4.22. The minimum Gasteiger partial charge on any atom is -0.365 e. The number of carbonyl (C=O) groups is 2. The highest BCUT2D eigenvalue weighted by atomic mass is 32.2. The fourth-order valence-corrected chi connectivity index (χ4v) is 8.02. The predicted octanol–water partition coefficient (Wildman–Crippen LogP) is 2.14. The topological polar surface area (TPSA) is 137 Å². The maximum absolute atomic E-state index is 12.7. The second kappa shape index (κ2) is 9.36. The van der Waals surface area contributed by atoms with Crippen LogP contribution in [-0.4, -0.2) is 52.3 Å². The second-order valence-electron chi connectivity index (χ2n) is 7.96. The Balaban J connectivity index is 1.46. The lowest BCUT2D eigenvalue weighted by molar-refractivity contribution is -0.113. The molecule has 32 heavy (non-hydrogen) atoms. The molecule has 3 N–H and O–H groups in total. The zero-order chi connectivity index (χ0) is 22.9. The predicted molar refractivity (Wildman–Crippen MR) is 125 cm³/mol. The number of nitrogens with two attached hydrogens (primary N) is 1. The second-order valence-corrected chi connectivity index (χ2v) is 12.2. The number of fused-ring (bicyclic) bond motifs is 1. The van der Waals surface area contributed by atoms with Crippen LogP contribution in [0.2, 0.25) is 0 Å². The molecule has 0 spiro atoms. The third-order valence-electron chi connectivity index (χ3n) is 5.66. The normalized spacial score (nSPS) is 19.4. The van der Waals surface area contributed by atoms with Crippen molar-refractivity contribution in [3.8, 4) is 0 Å². The molecule has 1 atom stereocenters. The average molecular weight is 496 g/mol. The van der Waals surface area contributed by atoms with Crippen molar-refractivity contribution in [3.05, 3.63) is 34.5 Å². The minimum atomic E-state index is -3.05. The molecule has 1 aliphatic carbocycles. The van der Waals surface area contributed by atoms with E-state index in [4.69, 9.17) is 5.73 Å². The van der Waals surface area contributed by atoms with Gasteiger partial charge in [-0.25, -0.2) is 8.42 Å². The number of amides is 2. The van der Waals surface area contributed by atoms with Crippen LogP contribution in [-0.2, 0) is 34.0 Å². The van der Waals surface area contributed by atoms with Gasteiger partial charge < -0.3 is 15.6 Å². The number of carbonyl (C=O) groups excluding carboxylic acids is 2. The van der Waals surface area contributed by atoms with E-state index >= 15 is 0 Å². The zero-order valence-corrected chi connectivity index (χ0v) is 20.0. The van der Waals surface area contributed by atoms with Gasteiger partial charge in [-0.2, -0.15) is 0 Å². The molecule has 0 aromatic carbocycles. The van der Waals surface area contributed by atoms with Crippen LogP contribution >= 0.6 is 23.1 Å². The Kier molecular flexibility index (Phi) is 6.72. The van der Waals surface area contributed by atoms with Gasteiger partial charge in [0.05, 0.1) is 22.8 Å². The lowest BCUT2D eigenvalue weighted by Crippen LogP contribution is -2.19. The molecule has 12 heteroatoms. The van der Waals surface area contributed by atoms with E-state index in [9.17, 15) is 18.0 Å². The molecule has 2 aromatic rings. The molecule has 2 aliphatic rings. The third-order valence-corrected chi connectivity index (χ3v) is 9.60. The largest absolute Gasteiger partial charge is 0.365 e. The first-order valence-corrected chi connectivity index (χ1v) is 14.0. The van der Waals surface area contributed by atoms with Crippen molar-refractivity contribution in [1.29, 1.82) is 0 Å². The van der Waals surface area contributed by atoms with Crippen molar-refractivity contribution in [2.45, 2.75) is 49.7 Å². The van der Waals surface area contributed by atoms with Gasteiger partial charge in [0.15, 0.2) is 15.0 Å². The molecule has 9 nitrogen and oxygen atoms in total. The number of aromatic nitrogens is 3. The minimum absolute atomic E-state index is 0.0619. The van der Waals surface area contributed by atoms with Gasteiger partial charge in [0.2, 0.25) is 5.91 Å². The molecule has 2 aromatic heterocycles. The number of aryl methyl sites for hydroxylation is 1. The van der Waals surface area contributed by atoms with Gasteiger partial charge in [0.1, 0.15) is 10.8 Å². The zero-order valence-electron chi connectivity index (χ0n) is 17.5. The lowest BCUT2D eigenvalue weighted by Gasteiger charge is -2.11. The third kappa shape index (κ3) is 4.76. The lowest BCUT2D eigenvalue weighted by atomic mass is 9.95. The van der Waals surface area contributed by atoms with E-state index in [2.05, 4.69) is 22.1 Å². The van der Waals surface area contributed by atoms with Crippen molar-refractivity contribution in [1.82, 2.24) is 14.8 Å². The van der Waals surface area contributed by atoms with Crippen molar-refractivity contribution < 1.29 is 18.0 Å². The number of hydrogen-bond acceptors (Lipinski definition) is 8. The molecule has 0 unspecified atom stereocenters. The molecule has 0 radical (unpaired) electrons. The maximum Gasteiger partial charge on any atom is 0.251 e. The van der Waals surface area contributed by atoms with Crippen LogP contribution < -0.4 is 11.1 Å². The maximum atomic E-state index is 12.7. The van der Waals surface area contributed by atoms with Gasteiger partial charge in [-0.3, -0.25) is 9.59 Å². The van der Waals surface area contributed by atoms with Gasteiger partial charge >= 0.3 is 0 Å². The van der Waals surface area contributed by atoms with E-state index in [1.807, 2.05) is 4.57 Å². The summed E-state index contributed by atoms with van der Waals surface area (Å²) in [6, 6.07) is 0. The van der Waals surface area contributed by atoms with Crippen molar-refractivity contribution in [2.24, 2.45) is 5.73 Å². The summed E-state index contributed by atoms with van der Waals surface area (Å²) in [5.74, 6) is -0.104. The summed E-state index contributed by atoms with van der Waals surface area (Å²) in [7, 11) is -3.05. The molecule has 1 fully saturated rings. The molecular formula is C20H25N5O4S3. The number of anilines is 1. The Labute approximate surface area is 194 Å². The van der Waals surface area contributed by atoms with Gasteiger partial charge in [-0.1, -0.05) is 17.8 Å². The Morgan fingerprint density at radius 3 is 2.78 bits per heavy atom. The van der Waals surface area contributed by atoms with Crippen LogP contribution in [0.15, 0.2) is 17.8 Å². The van der Waals surface area contributed by atoms with Crippen molar-refractivity contribution in [2.75, 3.05) is 22.6 Å². The van der Waals surface area contributed by atoms with Gasteiger partial charge in [0, 0.05) is 17.3 Å². The van der Waals surface area contributed by atoms with E-state index in [0.29, 0.717) is 34.5 Å². The summed E-state index contributed by atoms with van der Waals surface area (Å²) < 4.78 is 25.5. The monoisotopic (exact) mass is 495 g/mol. The molecule has 1 aliphatic heterocycles. The first-order valence-electron chi connectivity index (χ1n) is 10.4. The highest BCUT2D eigenvalue weighted by Crippen LogP contribution is 2.38. The first kappa shape index (κ1) is 23.0. The van der Waals surface area contributed by atoms with Crippen LogP contribution in [0, 0.1) is 0 Å². The van der Waals surface area contributed by atoms with Gasteiger partial charge in [0.25, 0.3) is 5.91 Å². The standard InChI is InChI=1S/C20H25N5O4S3/c1-2-8-25-18(12-7-9-32(28,29)11-12)23-24-20(25)30-10-15(26)22-19-16(17(21)27)13-5-3-4-6-14(13)31-19/h2,12H,1,3-11H2,(H2,21,27)(H,22,26)/t12-/m1/s1. The van der Waals surface area contributed by atoms with Crippen molar-refractivity contribution >= 4 is 49.8 Å². The summed E-state index contributed by atoms with van der Waals surface area (Å²) in [4.78, 5) is 25.8. The fraction of sp³-hybridized carbons (Fsp3) is 0.500. The number of thiophene rings is 1. The molecule has 0 bridgehead atoms. The quantitative estimate of drug-likeness (QED) is 0.423. The molecule has 1 saturated heterocycles. The van der Waals surface area contributed by atoms with Gasteiger partial charge in [-0.15, -0.1) is 28.1 Å². The van der Waals surface area contributed by atoms with Crippen LogP contribution in [0.4, 0.5) is 5.00 Å². The van der Waals surface area contributed by atoms with E-state index in [1.54, 1.807) is 6.08 Å². The number of sulfone groups is 1. The number of allylic oxidation sites excluding steroid dienone is 1. The van der Waals surface area contributed by atoms with Gasteiger partial charge in [-0.05, 0) is 37.7 Å². The number of rotatable bonds is 8. The highest BCUT2D eigenvalue weighted by Gasteiger charge is 2.33.